The van der Waals surface area contributed by atoms with Crippen LogP contribution in [0.5, 0.6) is 0 Å². The minimum atomic E-state index is -0.257. The maximum absolute atomic E-state index is 12.2. The number of ketones is 1. The Bertz CT molecular complexity index is 833. The van der Waals surface area contributed by atoms with Gasteiger partial charge in [-0.2, -0.15) is 5.10 Å². The second-order valence-corrected chi connectivity index (χ2v) is 4.51. The van der Waals surface area contributed by atoms with Gasteiger partial charge in [0.25, 0.3) is 5.56 Å². The van der Waals surface area contributed by atoms with Crippen LogP contribution in [-0.4, -0.2) is 25.1 Å². The molecule has 0 aliphatic heterocycles. The minimum absolute atomic E-state index is 0.0261. The van der Waals surface area contributed by atoms with Gasteiger partial charge in [0.05, 0.1) is 18.4 Å². The van der Waals surface area contributed by atoms with Gasteiger partial charge in [-0.05, 0) is 19.1 Å². The van der Waals surface area contributed by atoms with Crippen LogP contribution in [0.1, 0.15) is 6.92 Å². The molecule has 2 heterocycles. The molecule has 0 saturated heterocycles. The highest BCUT2D eigenvalue weighted by molar-refractivity contribution is 5.77. The van der Waals surface area contributed by atoms with Crippen LogP contribution in [0, 0.1) is 0 Å². The molecule has 0 spiro atoms. The number of carbonyl (C=O) groups excluding carboxylic acids is 1. The quantitative estimate of drug-likeness (QED) is 0.715. The molecule has 6 nitrogen and oxygen atoms in total. The number of nitrogens with zero attached hydrogens (tertiary/aromatic N) is 4. The van der Waals surface area contributed by atoms with E-state index in [-0.39, 0.29) is 17.9 Å². The largest absolute Gasteiger partial charge is 0.298 e. The molecule has 0 amide bonds. The molecule has 20 heavy (non-hydrogen) atoms. The van der Waals surface area contributed by atoms with Gasteiger partial charge in [-0.1, -0.05) is 18.2 Å². The average molecular weight is 268 g/mol. The Labute approximate surface area is 114 Å². The van der Waals surface area contributed by atoms with Crippen molar-refractivity contribution in [1.82, 2.24) is 19.3 Å². The summed E-state index contributed by atoms with van der Waals surface area (Å²) in [5.74, 6) is -0.0938. The Kier molecular flexibility index (Phi) is 2.90. The zero-order valence-electron chi connectivity index (χ0n) is 10.9. The molecule has 3 rings (SSSR count). The second-order valence-electron chi connectivity index (χ2n) is 4.51. The molecule has 0 fully saturated rings. The van der Waals surface area contributed by atoms with Crippen LogP contribution in [0.2, 0.25) is 0 Å². The summed E-state index contributed by atoms with van der Waals surface area (Å²) in [6.45, 7) is 1.46. The summed E-state index contributed by atoms with van der Waals surface area (Å²) in [6, 6.07) is 9.45. The van der Waals surface area contributed by atoms with E-state index in [0.29, 0.717) is 11.0 Å². The van der Waals surface area contributed by atoms with Gasteiger partial charge in [0.1, 0.15) is 17.5 Å². The highest BCUT2D eigenvalue weighted by Crippen LogP contribution is 2.12. The molecule has 0 aliphatic carbocycles. The number of aromatic nitrogens is 4. The molecule has 0 unspecified atom stereocenters. The first kappa shape index (κ1) is 12.3. The second kappa shape index (κ2) is 4.73. The normalized spacial score (nSPS) is 10.8. The maximum Gasteiger partial charge on any atom is 0.264 e. The summed E-state index contributed by atoms with van der Waals surface area (Å²) in [5, 5.41) is 4.60. The van der Waals surface area contributed by atoms with E-state index in [0.717, 1.165) is 5.69 Å². The molecule has 0 N–H and O–H groups in total. The van der Waals surface area contributed by atoms with Crippen molar-refractivity contribution >= 4 is 16.8 Å². The van der Waals surface area contributed by atoms with Crippen LogP contribution < -0.4 is 5.56 Å². The molecule has 0 radical (unpaired) electrons. The van der Waals surface area contributed by atoms with Crippen molar-refractivity contribution in [1.29, 1.82) is 0 Å². The predicted molar refractivity (Wildman–Crippen MR) is 73.8 cm³/mol. The van der Waals surface area contributed by atoms with Gasteiger partial charge < -0.3 is 0 Å². The topological polar surface area (TPSA) is 69.8 Å². The monoisotopic (exact) mass is 268 g/mol. The van der Waals surface area contributed by atoms with Crippen molar-refractivity contribution < 1.29 is 4.79 Å². The van der Waals surface area contributed by atoms with E-state index >= 15 is 0 Å². The standard InChI is InChI=1S/C14H12N4O2/c1-10(19)8-17-9-15-13-12(14(17)20)7-16-18(13)11-5-3-2-4-6-11/h2-7,9H,8H2,1H3. The SMILES string of the molecule is CC(=O)Cn1cnc2c(cnn2-c2ccccc2)c1=O. The lowest BCUT2D eigenvalue weighted by atomic mass is 10.3. The fraction of sp³-hybridized carbons (Fsp3) is 0.143. The zero-order chi connectivity index (χ0) is 14.1. The van der Waals surface area contributed by atoms with E-state index in [1.165, 1.54) is 24.0 Å². The van der Waals surface area contributed by atoms with Gasteiger partial charge in [-0.3, -0.25) is 14.2 Å². The minimum Gasteiger partial charge on any atom is -0.298 e. The Morgan fingerprint density at radius 2 is 2.00 bits per heavy atom. The fourth-order valence-electron chi connectivity index (χ4n) is 2.06. The summed E-state index contributed by atoms with van der Waals surface area (Å²) in [4.78, 5) is 27.6. The van der Waals surface area contributed by atoms with E-state index in [2.05, 4.69) is 10.1 Å². The van der Waals surface area contributed by atoms with Crippen LogP contribution in [0.15, 0.2) is 47.7 Å². The summed E-state index contributed by atoms with van der Waals surface area (Å²) < 4.78 is 2.90. The number of rotatable bonds is 3. The molecule has 0 saturated carbocycles. The van der Waals surface area contributed by atoms with E-state index < -0.39 is 0 Å². The molecular formula is C14H12N4O2. The zero-order valence-corrected chi connectivity index (χ0v) is 10.9. The lowest BCUT2D eigenvalue weighted by molar-refractivity contribution is -0.117. The van der Waals surface area contributed by atoms with Gasteiger partial charge in [0.2, 0.25) is 0 Å². The van der Waals surface area contributed by atoms with Crippen LogP contribution in [0.25, 0.3) is 16.7 Å². The Morgan fingerprint density at radius 3 is 2.70 bits per heavy atom. The van der Waals surface area contributed by atoms with Gasteiger partial charge in [0.15, 0.2) is 5.65 Å². The number of Topliss-reactive ketones (excluding diaryl/α,β-unsaturated/α-hetero) is 1. The smallest absolute Gasteiger partial charge is 0.264 e. The molecule has 0 atom stereocenters. The molecule has 0 aliphatic rings. The Morgan fingerprint density at radius 1 is 1.25 bits per heavy atom. The third-order valence-electron chi connectivity index (χ3n) is 2.95. The fourth-order valence-corrected chi connectivity index (χ4v) is 2.06. The lowest BCUT2D eigenvalue weighted by Crippen LogP contribution is -2.23. The van der Waals surface area contributed by atoms with E-state index in [9.17, 15) is 9.59 Å². The lowest BCUT2D eigenvalue weighted by Gasteiger charge is -2.04. The van der Waals surface area contributed by atoms with Crippen molar-refractivity contribution in [2.24, 2.45) is 0 Å². The van der Waals surface area contributed by atoms with Gasteiger partial charge >= 0.3 is 0 Å². The van der Waals surface area contributed by atoms with Crippen molar-refractivity contribution in [2.45, 2.75) is 13.5 Å². The van der Waals surface area contributed by atoms with E-state index in [1.54, 1.807) is 4.68 Å². The van der Waals surface area contributed by atoms with Crippen LogP contribution in [0.4, 0.5) is 0 Å². The van der Waals surface area contributed by atoms with Crippen molar-refractivity contribution in [3.8, 4) is 5.69 Å². The maximum atomic E-state index is 12.2. The van der Waals surface area contributed by atoms with Crippen molar-refractivity contribution in [2.75, 3.05) is 0 Å². The summed E-state index contributed by atoms with van der Waals surface area (Å²) in [6.07, 6.45) is 2.86. The molecule has 2 aromatic heterocycles. The van der Waals surface area contributed by atoms with Gasteiger partial charge in [-0.15, -0.1) is 0 Å². The number of carbonyl (C=O) groups is 1. The third-order valence-corrected chi connectivity index (χ3v) is 2.95. The first-order valence-corrected chi connectivity index (χ1v) is 6.15. The third kappa shape index (κ3) is 2.01. The van der Waals surface area contributed by atoms with E-state index in [1.807, 2.05) is 30.3 Å². The van der Waals surface area contributed by atoms with Crippen LogP contribution in [-0.2, 0) is 11.3 Å². The molecule has 0 bridgehead atoms. The van der Waals surface area contributed by atoms with Crippen molar-refractivity contribution in [3.05, 3.63) is 53.2 Å². The van der Waals surface area contributed by atoms with Crippen LogP contribution >= 0.6 is 0 Å². The summed E-state index contributed by atoms with van der Waals surface area (Å²) in [5.41, 5.74) is 1.06. The Balaban J connectivity index is 2.18. The number of para-hydroxylation sites is 1. The summed E-state index contributed by atoms with van der Waals surface area (Å²) >= 11 is 0. The Hall–Kier alpha value is -2.76. The molecule has 6 heteroatoms. The van der Waals surface area contributed by atoms with Crippen LogP contribution in [0.3, 0.4) is 0 Å². The van der Waals surface area contributed by atoms with E-state index in [4.69, 9.17) is 0 Å². The molecule has 1 aromatic carbocycles. The number of benzene rings is 1. The molecular weight excluding hydrogens is 256 g/mol. The van der Waals surface area contributed by atoms with Crippen molar-refractivity contribution in [3.63, 3.8) is 0 Å². The summed E-state index contributed by atoms with van der Waals surface area (Å²) in [7, 11) is 0. The molecule has 3 aromatic rings. The number of hydrogen-bond acceptors (Lipinski definition) is 4. The number of fused-ring (bicyclic) bond motifs is 1. The highest BCUT2D eigenvalue weighted by Gasteiger charge is 2.11. The first-order chi connectivity index (χ1) is 9.66. The predicted octanol–water partition coefficient (Wildman–Crippen LogP) is 1.17. The molecule has 100 valence electrons. The number of hydrogen-bond donors (Lipinski definition) is 0. The highest BCUT2D eigenvalue weighted by atomic mass is 16.1. The van der Waals surface area contributed by atoms with Gasteiger partial charge in [0, 0.05) is 0 Å². The average Bonchev–Trinajstić information content (AvgIpc) is 2.87. The first-order valence-electron chi connectivity index (χ1n) is 6.15. The van der Waals surface area contributed by atoms with Gasteiger partial charge in [-0.25, -0.2) is 9.67 Å².